The molecule has 0 spiro atoms. The third-order valence-electron chi connectivity index (χ3n) is 3.99. The Morgan fingerprint density at radius 3 is 2.67 bits per heavy atom. The number of nitrogens with zero attached hydrogens (tertiary/aromatic N) is 6. The fraction of sp³-hybridized carbons (Fsp3) is 0.467. The van der Waals surface area contributed by atoms with Crippen LogP contribution in [0.2, 0.25) is 0 Å². The van der Waals surface area contributed by atoms with E-state index >= 15 is 0 Å². The summed E-state index contributed by atoms with van der Waals surface area (Å²) in [4.78, 5) is 20.6. The number of carbonyl (C=O) groups is 1. The number of pyridine rings is 1. The molecular weight excluding hydrogens is 332 g/mol. The number of ether oxygens (including phenoxy) is 1. The lowest BCUT2D eigenvalue weighted by molar-refractivity contribution is 0.0585. The maximum Gasteiger partial charge on any atom is 0.358 e. The van der Waals surface area contributed by atoms with Gasteiger partial charge in [0.15, 0.2) is 5.69 Å². The predicted molar refractivity (Wildman–Crippen MR) is 91.5 cm³/mol. The Morgan fingerprint density at radius 2 is 2.00 bits per heavy atom. The number of esters is 1. The minimum Gasteiger partial charge on any atom is -0.464 e. The van der Waals surface area contributed by atoms with E-state index in [2.05, 4.69) is 25.1 Å². The first-order valence-corrected chi connectivity index (χ1v) is 7.63. The second-order valence-corrected chi connectivity index (χ2v) is 5.35. The number of hydrogen-bond donors (Lipinski definition) is 0. The second kappa shape index (κ2) is 8.60. The lowest BCUT2D eigenvalue weighted by Crippen LogP contribution is -2.47. The molecule has 2 aromatic rings. The van der Waals surface area contributed by atoms with Crippen LogP contribution in [-0.4, -0.2) is 70.7 Å². The van der Waals surface area contributed by atoms with Crippen LogP contribution < -0.4 is 4.90 Å². The van der Waals surface area contributed by atoms with Crippen molar-refractivity contribution in [2.24, 2.45) is 0 Å². The Kier molecular flexibility index (Phi) is 6.51. The van der Waals surface area contributed by atoms with E-state index in [-0.39, 0.29) is 12.4 Å². The summed E-state index contributed by atoms with van der Waals surface area (Å²) in [6.07, 6.45) is 3.26. The molecule has 0 saturated carbocycles. The summed E-state index contributed by atoms with van der Waals surface area (Å²) in [6.45, 7) is 5.24. The van der Waals surface area contributed by atoms with Gasteiger partial charge >= 0.3 is 5.97 Å². The summed E-state index contributed by atoms with van der Waals surface area (Å²) in [6, 6.07) is 5.97. The molecule has 1 saturated heterocycles. The van der Waals surface area contributed by atoms with Crippen LogP contribution in [0.5, 0.6) is 0 Å². The van der Waals surface area contributed by atoms with Gasteiger partial charge in [0.2, 0.25) is 0 Å². The number of hydrogen-bond acceptors (Lipinski definition) is 7. The summed E-state index contributed by atoms with van der Waals surface area (Å²) in [5.41, 5.74) is 0.389. The average molecular weight is 353 g/mol. The number of methoxy groups -OCH3 is 1. The van der Waals surface area contributed by atoms with Crippen LogP contribution in [0.25, 0.3) is 0 Å². The lowest BCUT2D eigenvalue weighted by Gasteiger charge is -2.35. The van der Waals surface area contributed by atoms with E-state index in [0.29, 0.717) is 12.2 Å². The molecule has 0 atom stereocenters. The van der Waals surface area contributed by atoms with Crippen molar-refractivity contribution in [2.75, 3.05) is 44.7 Å². The minimum absolute atomic E-state index is 0. The van der Waals surface area contributed by atoms with Crippen molar-refractivity contribution in [1.82, 2.24) is 24.9 Å². The maximum absolute atomic E-state index is 11.6. The van der Waals surface area contributed by atoms with Gasteiger partial charge < -0.3 is 9.64 Å². The molecule has 9 heteroatoms. The molecule has 3 heterocycles. The van der Waals surface area contributed by atoms with Crippen LogP contribution >= 0.6 is 12.4 Å². The van der Waals surface area contributed by atoms with E-state index in [9.17, 15) is 4.79 Å². The molecule has 0 radical (unpaired) electrons. The Morgan fingerprint density at radius 1 is 1.21 bits per heavy atom. The molecule has 3 rings (SSSR count). The molecule has 1 fully saturated rings. The van der Waals surface area contributed by atoms with Crippen LogP contribution in [0, 0.1) is 0 Å². The van der Waals surface area contributed by atoms with Crippen molar-refractivity contribution in [1.29, 1.82) is 0 Å². The first kappa shape index (κ1) is 18.2. The van der Waals surface area contributed by atoms with Crippen LogP contribution in [0.15, 0.2) is 30.6 Å². The highest BCUT2D eigenvalue weighted by atomic mass is 35.5. The summed E-state index contributed by atoms with van der Waals surface area (Å²) >= 11 is 0. The fourth-order valence-electron chi connectivity index (χ4n) is 2.66. The van der Waals surface area contributed by atoms with Crippen molar-refractivity contribution in [3.05, 3.63) is 36.3 Å². The SMILES string of the molecule is COC(=O)c1cnnn1CCN1CCN(c2ccccn2)CC1.Cl. The van der Waals surface area contributed by atoms with Gasteiger partial charge in [-0.1, -0.05) is 11.3 Å². The molecule has 0 amide bonds. The van der Waals surface area contributed by atoms with E-state index in [0.717, 1.165) is 38.5 Å². The van der Waals surface area contributed by atoms with Gasteiger partial charge in [0, 0.05) is 38.9 Å². The van der Waals surface area contributed by atoms with E-state index in [4.69, 9.17) is 4.74 Å². The van der Waals surface area contributed by atoms with Gasteiger partial charge in [0.25, 0.3) is 0 Å². The zero-order valence-electron chi connectivity index (χ0n) is 13.5. The monoisotopic (exact) mass is 352 g/mol. The van der Waals surface area contributed by atoms with Crippen molar-refractivity contribution in [3.63, 3.8) is 0 Å². The van der Waals surface area contributed by atoms with Crippen LogP contribution in [-0.2, 0) is 11.3 Å². The van der Waals surface area contributed by atoms with Gasteiger partial charge in [-0.15, -0.1) is 17.5 Å². The Labute approximate surface area is 146 Å². The Hall–Kier alpha value is -2.19. The Bertz CT molecular complexity index is 642. The summed E-state index contributed by atoms with van der Waals surface area (Å²) < 4.78 is 6.32. The number of aromatic nitrogens is 4. The quantitative estimate of drug-likeness (QED) is 0.733. The van der Waals surface area contributed by atoms with Crippen LogP contribution in [0.1, 0.15) is 10.5 Å². The minimum atomic E-state index is -0.407. The van der Waals surface area contributed by atoms with Crippen molar-refractivity contribution < 1.29 is 9.53 Å². The van der Waals surface area contributed by atoms with E-state index in [1.54, 1.807) is 4.68 Å². The zero-order valence-corrected chi connectivity index (χ0v) is 14.4. The van der Waals surface area contributed by atoms with Gasteiger partial charge in [0.1, 0.15) is 5.82 Å². The number of piperazine rings is 1. The highest BCUT2D eigenvalue weighted by Gasteiger charge is 2.19. The van der Waals surface area contributed by atoms with E-state index in [1.807, 2.05) is 24.4 Å². The molecule has 2 aromatic heterocycles. The molecule has 1 aliphatic rings. The second-order valence-electron chi connectivity index (χ2n) is 5.35. The van der Waals surface area contributed by atoms with Crippen LogP contribution in [0.3, 0.4) is 0 Å². The molecule has 0 unspecified atom stereocenters. The third kappa shape index (κ3) is 4.21. The van der Waals surface area contributed by atoms with Crippen molar-refractivity contribution in [2.45, 2.75) is 6.54 Å². The van der Waals surface area contributed by atoms with Crippen molar-refractivity contribution >= 4 is 24.2 Å². The van der Waals surface area contributed by atoms with Gasteiger partial charge in [-0.05, 0) is 12.1 Å². The highest BCUT2D eigenvalue weighted by molar-refractivity contribution is 5.86. The average Bonchev–Trinajstić information content (AvgIpc) is 3.09. The molecule has 1 aliphatic heterocycles. The summed E-state index contributed by atoms with van der Waals surface area (Å²) in [5, 5.41) is 7.73. The molecule has 130 valence electrons. The summed E-state index contributed by atoms with van der Waals surface area (Å²) in [5.74, 6) is 0.617. The first-order chi connectivity index (χ1) is 11.3. The molecule has 24 heavy (non-hydrogen) atoms. The molecule has 8 nitrogen and oxygen atoms in total. The molecule has 0 aromatic carbocycles. The summed E-state index contributed by atoms with van der Waals surface area (Å²) in [7, 11) is 1.36. The topological polar surface area (TPSA) is 76.4 Å². The fourth-order valence-corrected chi connectivity index (χ4v) is 2.66. The van der Waals surface area contributed by atoms with Crippen molar-refractivity contribution in [3.8, 4) is 0 Å². The van der Waals surface area contributed by atoms with Gasteiger partial charge in [-0.25, -0.2) is 14.5 Å². The molecule has 0 aliphatic carbocycles. The lowest BCUT2D eigenvalue weighted by atomic mass is 10.3. The highest BCUT2D eigenvalue weighted by Crippen LogP contribution is 2.12. The van der Waals surface area contributed by atoms with Gasteiger partial charge in [0.05, 0.1) is 19.9 Å². The van der Waals surface area contributed by atoms with Crippen LogP contribution in [0.4, 0.5) is 5.82 Å². The molecule has 0 bridgehead atoms. The first-order valence-electron chi connectivity index (χ1n) is 7.63. The standard InChI is InChI=1S/C15H20N6O2.ClH/c1-23-15(22)13-12-17-18-21(13)11-8-19-6-9-20(10-7-19)14-4-2-3-5-16-14;/h2-5,12H,6-11H2,1H3;1H. The molecule has 0 N–H and O–H groups in total. The smallest absolute Gasteiger partial charge is 0.358 e. The van der Waals surface area contributed by atoms with Gasteiger partial charge in [-0.3, -0.25) is 4.90 Å². The third-order valence-corrected chi connectivity index (χ3v) is 3.99. The predicted octanol–water partition coefficient (Wildman–Crippen LogP) is 0.704. The number of carbonyl (C=O) groups excluding carboxylic acids is 1. The number of halogens is 1. The largest absolute Gasteiger partial charge is 0.464 e. The van der Waals surface area contributed by atoms with E-state index < -0.39 is 5.97 Å². The van der Waals surface area contributed by atoms with E-state index in [1.165, 1.54) is 13.3 Å². The number of anilines is 1. The van der Waals surface area contributed by atoms with Gasteiger partial charge in [-0.2, -0.15) is 0 Å². The Balaban J connectivity index is 0.00000208. The zero-order chi connectivity index (χ0) is 16.1. The number of rotatable bonds is 5. The maximum atomic E-state index is 11.6. The normalized spacial score (nSPS) is 15.0. The molecular formula is C15H21ClN6O2.